The molecule has 52 heavy (non-hydrogen) atoms. The molecule has 0 saturated heterocycles. The van der Waals surface area contributed by atoms with E-state index in [9.17, 15) is 17.6 Å². The molecule has 0 unspecified atom stereocenters. The first-order chi connectivity index (χ1) is 25.2. The Labute approximate surface area is 297 Å². The van der Waals surface area contributed by atoms with Crippen molar-refractivity contribution in [2.24, 2.45) is 0 Å². The van der Waals surface area contributed by atoms with E-state index >= 15 is 9.13 Å². The minimum Gasteiger partial charge on any atom is -0.309 e. The summed E-state index contributed by atoms with van der Waals surface area (Å²) in [6.45, 7) is 0. The number of hydrogen-bond acceptors (Lipinski definition) is 2. The minimum atomic E-state index is -3.65. The summed E-state index contributed by atoms with van der Waals surface area (Å²) in [5, 5.41) is 5.66. The van der Waals surface area contributed by atoms with Crippen LogP contribution in [0.3, 0.4) is 0 Å². The number of halogens is 4. The Kier molecular flexibility index (Phi) is 8.54. The van der Waals surface area contributed by atoms with Gasteiger partial charge in [0, 0.05) is 31.8 Å². The molecule has 0 aliphatic heterocycles. The largest absolute Gasteiger partial charge is 0.309 e. The Hall–Kier alpha value is -5.54. The third-order valence-corrected chi connectivity index (χ3v) is 15.8. The molecule has 0 saturated carbocycles. The number of fused-ring (bicyclic) bond motifs is 2. The average Bonchev–Trinajstić information content (AvgIpc) is 3.17. The third-order valence-electron chi connectivity index (χ3n) is 9.53. The summed E-state index contributed by atoms with van der Waals surface area (Å²) < 4.78 is 87.3. The molecule has 0 bridgehead atoms. The molecule has 0 aliphatic rings. The van der Waals surface area contributed by atoms with Crippen molar-refractivity contribution in [3.05, 3.63) is 193 Å². The number of hydrogen-bond donors (Lipinski definition) is 0. The Bertz CT molecular complexity index is 2420. The van der Waals surface area contributed by atoms with Crippen LogP contribution in [-0.4, -0.2) is 0 Å². The van der Waals surface area contributed by atoms with E-state index < -0.39 is 37.6 Å². The highest BCUT2D eigenvalue weighted by Gasteiger charge is 2.34. The van der Waals surface area contributed by atoms with Crippen LogP contribution in [0.1, 0.15) is 0 Å². The predicted octanol–water partition coefficient (Wildman–Crippen LogP) is 9.50. The van der Waals surface area contributed by atoms with Gasteiger partial charge in [0.05, 0.1) is 0 Å². The molecule has 0 aromatic heterocycles. The molecule has 0 N–H and O–H groups in total. The van der Waals surface area contributed by atoms with Crippen LogP contribution >= 0.6 is 14.3 Å². The van der Waals surface area contributed by atoms with Gasteiger partial charge in [-0.25, -0.2) is 17.6 Å². The highest BCUT2D eigenvalue weighted by atomic mass is 31.2. The molecule has 0 radical (unpaired) electrons. The summed E-state index contributed by atoms with van der Waals surface area (Å²) in [5.74, 6) is -1.86. The second-order valence-electron chi connectivity index (χ2n) is 12.5. The zero-order chi connectivity index (χ0) is 36.0. The van der Waals surface area contributed by atoms with E-state index in [2.05, 4.69) is 0 Å². The first-order valence-electron chi connectivity index (χ1n) is 16.5. The summed E-state index contributed by atoms with van der Waals surface area (Å²) >= 11 is 0. The zero-order valence-corrected chi connectivity index (χ0v) is 29.2. The van der Waals surface area contributed by atoms with Gasteiger partial charge in [-0.2, -0.15) is 0 Å². The first-order valence-corrected chi connectivity index (χ1v) is 19.9. The van der Waals surface area contributed by atoms with E-state index in [0.717, 1.165) is 21.9 Å². The van der Waals surface area contributed by atoms with Crippen molar-refractivity contribution >= 4 is 67.7 Å². The summed E-state index contributed by atoms with van der Waals surface area (Å²) in [7, 11) is -7.30. The maximum Gasteiger partial charge on any atom is 0.171 e. The molecular weight excluding hydrogens is 698 g/mol. The standard InChI is InChI=1S/C44H28F4O2P2/c45-29-9-17-33(18-10-29)51(49,34-19-11-30(46)12-20-34)43-27-25-39(37-5-1-3-7-41(37)43)40-26-28-44(42-8-4-2-6-38(40)42)52(50,35-21-13-31(47)14-22-35)36-23-15-32(48)16-24-36/h1-28H. The van der Waals surface area contributed by atoms with Crippen molar-refractivity contribution in [3.63, 3.8) is 0 Å². The molecular formula is C44H28F4O2P2. The summed E-state index contributed by atoms with van der Waals surface area (Å²) in [4.78, 5) is 0. The van der Waals surface area contributed by atoms with Crippen molar-refractivity contribution in [2.75, 3.05) is 0 Å². The maximum atomic E-state index is 15.5. The van der Waals surface area contributed by atoms with Crippen LogP contribution in [0.2, 0.25) is 0 Å². The lowest BCUT2D eigenvalue weighted by atomic mass is 9.94. The van der Waals surface area contributed by atoms with Crippen LogP contribution in [0.25, 0.3) is 32.7 Å². The molecule has 254 valence electrons. The van der Waals surface area contributed by atoms with Gasteiger partial charge in [-0.15, -0.1) is 0 Å². The zero-order valence-electron chi connectivity index (χ0n) is 27.4. The lowest BCUT2D eigenvalue weighted by molar-refractivity contribution is 0.591. The van der Waals surface area contributed by atoms with E-state index in [4.69, 9.17) is 0 Å². The van der Waals surface area contributed by atoms with Gasteiger partial charge in [0.1, 0.15) is 23.3 Å². The Morgan fingerprint density at radius 2 is 0.538 bits per heavy atom. The third kappa shape index (κ3) is 5.60. The highest BCUT2D eigenvalue weighted by Crippen LogP contribution is 2.48. The van der Waals surface area contributed by atoms with E-state index in [1.165, 1.54) is 97.1 Å². The molecule has 0 spiro atoms. The minimum absolute atomic E-state index is 0.408. The second-order valence-corrected chi connectivity index (χ2v) is 17.9. The topological polar surface area (TPSA) is 34.1 Å². The van der Waals surface area contributed by atoms with E-state index in [0.29, 0.717) is 42.6 Å². The second kappa shape index (κ2) is 13.2. The molecule has 0 fully saturated rings. The first kappa shape index (κ1) is 33.6. The van der Waals surface area contributed by atoms with Gasteiger partial charge in [0.25, 0.3) is 0 Å². The lowest BCUT2D eigenvalue weighted by Crippen LogP contribution is -2.26. The van der Waals surface area contributed by atoms with Crippen LogP contribution in [0.5, 0.6) is 0 Å². The van der Waals surface area contributed by atoms with Crippen LogP contribution in [0.15, 0.2) is 170 Å². The number of benzene rings is 8. The molecule has 8 aromatic rings. The van der Waals surface area contributed by atoms with Crippen molar-refractivity contribution in [1.82, 2.24) is 0 Å². The summed E-state index contributed by atoms with van der Waals surface area (Å²) in [5.41, 5.74) is 1.65. The fourth-order valence-corrected chi connectivity index (χ4v) is 12.7. The molecule has 8 rings (SSSR count). The van der Waals surface area contributed by atoms with Crippen LogP contribution in [0.4, 0.5) is 17.6 Å². The van der Waals surface area contributed by atoms with Crippen LogP contribution < -0.4 is 31.8 Å². The maximum absolute atomic E-state index is 15.5. The van der Waals surface area contributed by atoms with Gasteiger partial charge < -0.3 is 9.13 Å². The Morgan fingerprint density at radius 3 is 0.808 bits per heavy atom. The molecule has 8 aromatic carbocycles. The van der Waals surface area contributed by atoms with Gasteiger partial charge in [-0.3, -0.25) is 0 Å². The quantitative estimate of drug-likeness (QED) is 0.121. The van der Waals surface area contributed by atoms with Gasteiger partial charge in [-0.05, 0) is 142 Å². The van der Waals surface area contributed by atoms with E-state index in [1.54, 1.807) is 0 Å². The molecule has 8 heteroatoms. The molecule has 0 amide bonds. The highest BCUT2D eigenvalue weighted by molar-refractivity contribution is 7.86. The van der Waals surface area contributed by atoms with Crippen molar-refractivity contribution in [2.45, 2.75) is 0 Å². The molecule has 0 aliphatic carbocycles. The van der Waals surface area contributed by atoms with Crippen molar-refractivity contribution in [1.29, 1.82) is 0 Å². The Balaban J connectivity index is 1.37. The van der Waals surface area contributed by atoms with E-state index in [-0.39, 0.29) is 0 Å². The fraction of sp³-hybridized carbons (Fsp3) is 0. The van der Waals surface area contributed by atoms with Crippen LogP contribution in [0, 0.1) is 23.3 Å². The van der Waals surface area contributed by atoms with E-state index in [1.807, 2.05) is 72.8 Å². The average molecular weight is 727 g/mol. The van der Waals surface area contributed by atoms with Gasteiger partial charge in [-0.1, -0.05) is 60.7 Å². The Morgan fingerprint density at radius 1 is 0.288 bits per heavy atom. The monoisotopic (exact) mass is 726 g/mol. The predicted molar refractivity (Wildman–Crippen MR) is 206 cm³/mol. The van der Waals surface area contributed by atoms with Crippen molar-refractivity contribution in [3.8, 4) is 11.1 Å². The normalized spacial score (nSPS) is 12.0. The molecule has 2 nitrogen and oxygen atoms in total. The summed E-state index contributed by atoms with van der Waals surface area (Å²) in [6, 6.07) is 44.8. The van der Waals surface area contributed by atoms with Gasteiger partial charge in [0.2, 0.25) is 0 Å². The van der Waals surface area contributed by atoms with Crippen molar-refractivity contribution < 1.29 is 26.7 Å². The molecule has 0 heterocycles. The smallest absolute Gasteiger partial charge is 0.171 e. The lowest BCUT2D eigenvalue weighted by Gasteiger charge is -2.24. The van der Waals surface area contributed by atoms with Gasteiger partial charge in [0.15, 0.2) is 14.3 Å². The summed E-state index contributed by atoms with van der Waals surface area (Å²) in [6.07, 6.45) is 0. The fourth-order valence-electron chi connectivity index (χ4n) is 7.04. The van der Waals surface area contributed by atoms with Crippen LogP contribution in [-0.2, 0) is 9.13 Å². The SMILES string of the molecule is O=P(c1ccc(F)cc1)(c1ccc(F)cc1)c1ccc(-c2ccc(P(=O)(c3ccc(F)cc3)c3ccc(F)cc3)c3ccccc23)c2ccccc12. The van der Waals surface area contributed by atoms with Gasteiger partial charge >= 0.3 is 0 Å². The molecule has 0 atom stereocenters. The number of rotatable bonds is 7.